The molecule has 4 N–H and O–H groups in total. The van der Waals surface area contributed by atoms with Crippen molar-refractivity contribution in [3.8, 4) is 0 Å². The molecule has 1 aromatic carbocycles. The van der Waals surface area contributed by atoms with Gasteiger partial charge in [-0.25, -0.2) is 4.99 Å². The molecule has 0 radical (unpaired) electrons. The predicted molar refractivity (Wildman–Crippen MR) is 164 cm³/mol. The van der Waals surface area contributed by atoms with E-state index in [1.807, 2.05) is 4.90 Å². The molecule has 1 atom stereocenters. The van der Waals surface area contributed by atoms with Gasteiger partial charge in [0.25, 0.3) is 11.8 Å². The van der Waals surface area contributed by atoms with E-state index >= 15 is 0 Å². The van der Waals surface area contributed by atoms with Gasteiger partial charge in [-0.3, -0.25) is 14.5 Å². The van der Waals surface area contributed by atoms with Crippen LogP contribution in [0.4, 0.5) is 0 Å². The van der Waals surface area contributed by atoms with Crippen molar-refractivity contribution in [2.75, 3.05) is 39.4 Å². The van der Waals surface area contributed by atoms with Gasteiger partial charge in [-0.15, -0.1) is 0 Å². The third-order valence-electron chi connectivity index (χ3n) is 9.14. The Morgan fingerprint density at radius 1 is 1.07 bits per heavy atom. The zero-order chi connectivity index (χ0) is 29.6. The van der Waals surface area contributed by atoms with Gasteiger partial charge in [-0.2, -0.15) is 0 Å². The quantitative estimate of drug-likeness (QED) is 0.241. The van der Waals surface area contributed by atoms with E-state index in [-0.39, 0.29) is 36.4 Å². The van der Waals surface area contributed by atoms with Crippen molar-refractivity contribution in [1.82, 2.24) is 25.8 Å². The Bertz CT molecular complexity index is 1250. The van der Waals surface area contributed by atoms with Crippen molar-refractivity contribution in [2.45, 2.75) is 82.6 Å². The number of likely N-dealkylation sites (tertiary alicyclic amines) is 1. The number of aliphatic imine (C=N–C) groups is 1. The highest BCUT2D eigenvalue weighted by atomic mass is 16.6. The Morgan fingerprint density at radius 3 is 2.60 bits per heavy atom. The summed E-state index contributed by atoms with van der Waals surface area (Å²) in [5.74, 6) is 0.659. The molecular formula is C32H45N7O4. The summed E-state index contributed by atoms with van der Waals surface area (Å²) < 4.78 is 0. The Morgan fingerprint density at radius 2 is 1.84 bits per heavy atom. The highest BCUT2D eigenvalue weighted by Gasteiger charge is 2.37. The molecule has 2 aliphatic carbocycles. The predicted octanol–water partition coefficient (Wildman–Crippen LogP) is 1.67. The molecule has 5 aliphatic rings. The number of piperidine rings is 1. The number of benzene rings is 1. The van der Waals surface area contributed by atoms with Gasteiger partial charge in [0, 0.05) is 57.3 Å². The van der Waals surface area contributed by atoms with Crippen LogP contribution in [0, 0.1) is 5.92 Å². The highest BCUT2D eigenvalue weighted by molar-refractivity contribution is 6.40. The average Bonchev–Trinajstić information content (AvgIpc) is 3.73. The monoisotopic (exact) mass is 591 g/mol. The first-order valence-corrected chi connectivity index (χ1v) is 16.1. The lowest BCUT2D eigenvalue weighted by molar-refractivity contribution is -0.125. The summed E-state index contributed by atoms with van der Waals surface area (Å²) >= 11 is 0. The molecule has 3 fully saturated rings. The zero-order valence-electron chi connectivity index (χ0n) is 25.0. The maximum absolute atomic E-state index is 13.3. The number of carbonyl (C=O) groups excluding carboxylic acids is 2. The minimum atomic E-state index is -0.655. The van der Waals surface area contributed by atoms with Crippen LogP contribution in [0.1, 0.15) is 62.5 Å². The molecule has 11 nitrogen and oxygen atoms in total. The summed E-state index contributed by atoms with van der Waals surface area (Å²) in [5, 5.41) is 24.3. The van der Waals surface area contributed by atoms with Gasteiger partial charge in [0.15, 0.2) is 0 Å². The molecular weight excluding hydrogens is 546 g/mol. The number of amides is 2. The van der Waals surface area contributed by atoms with Gasteiger partial charge >= 0.3 is 0 Å². The first-order chi connectivity index (χ1) is 21.0. The van der Waals surface area contributed by atoms with Gasteiger partial charge in [0.2, 0.25) is 0 Å². The molecule has 11 heteroatoms. The van der Waals surface area contributed by atoms with E-state index < -0.39 is 6.10 Å². The van der Waals surface area contributed by atoms with Crippen molar-refractivity contribution in [2.24, 2.45) is 16.1 Å². The number of β-amino-alcohol motifs (C(OH)–C–C–N with tert-alkyl or cyclic N) is 1. The lowest BCUT2D eigenvalue weighted by atomic mass is 10.00. The van der Waals surface area contributed by atoms with Crippen molar-refractivity contribution < 1.29 is 19.5 Å². The molecule has 3 heterocycles. The Kier molecular flexibility index (Phi) is 9.58. The lowest BCUT2D eigenvalue weighted by Crippen LogP contribution is -2.49. The summed E-state index contributed by atoms with van der Waals surface area (Å²) in [6.07, 6.45) is 10.2. The number of aliphatic hydroxyl groups excluding tert-OH is 1. The first-order valence-electron chi connectivity index (χ1n) is 16.1. The number of amidine groups is 1. The number of nitrogens with zero attached hydrogens (tertiary/aromatic N) is 4. The molecule has 2 amide bonds. The number of rotatable bonds is 10. The molecule has 0 unspecified atom stereocenters. The summed E-state index contributed by atoms with van der Waals surface area (Å²) in [6.45, 7) is 4.01. The normalized spacial score (nSPS) is 22.6. The van der Waals surface area contributed by atoms with Crippen LogP contribution < -0.4 is 16.0 Å². The van der Waals surface area contributed by atoms with E-state index in [0.717, 1.165) is 58.0 Å². The van der Waals surface area contributed by atoms with Crippen LogP contribution in [0.5, 0.6) is 0 Å². The fourth-order valence-electron chi connectivity index (χ4n) is 6.42. The van der Waals surface area contributed by atoms with Gasteiger partial charge in [0.1, 0.15) is 30.0 Å². The number of hydrogen-bond donors (Lipinski definition) is 4. The van der Waals surface area contributed by atoms with E-state index in [4.69, 9.17) is 4.84 Å². The first kappa shape index (κ1) is 29.6. The Hall–Kier alpha value is -3.44. The summed E-state index contributed by atoms with van der Waals surface area (Å²) in [6, 6.07) is 8.59. The van der Waals surface area contributed by atoms with Crippen LogP contribution >= 0.6 is 0 Å². The smallest absolute Gasteiger partial charge is 0.271 e. The standard InChI is InChI=1S/C32H45N7O4/c40-26(20-38-14-11-22-5-1-2-6-24(22)19-38)18-33-31(41)28-17-29(35-21-34-28)36-25-12-15-39(16-13-25)32(42)30(23-9-10-23)37-43-27-7-3-4-8-27/h1-2,5-6,17,23,25-27,34,40H,3-4,7-16,18-21H2,(H,33,41)(H,35,36)/t26-/m0/s1. The van der Waals surface area contributed by atoms with E-state index in [2.05, 4.69) is 55.3 Å². The van der Waals surface area contributed by atoms with Crippen LogP contribution in [-0.4, -0.2) is 95.9 Å². The summed E-state index contributed by atoms with van der Waals surface area (Å²) in [5.41, 5.74) is 3.71. The number of fused-ring (bicyclic) bond motifs is 1. The maximum atomic E-state index is 13.3. The number of oxime groups is 1. The fraction of sp³-hybridized carbons (Fsp3) is 0.625. The minimum Gasteiger partial charge on any atom is -0.392 e. The van der Waals surface area contributed by atoms with E-state index in [1.54, 1.807) is 6.08 Å². The number of carbonyl (C=O) groups is 2. The average molecular weight is 592 g/mol. The molecule has 43 heavy (non-hydrogen) atoms. The topological polar surface area (TPSA) is 131 Å². The van der Waals surface area contributed by atoms with Gasteiger partial charge in [0.05, 0.1) is 6.10 Å². The van der Waals surface area contributed by atoms with Crippen LogP contribution in [0.25, 0.3) is 0 Å². The van der Waals surface area contributed by atoms with Crippen molar-refractivity contribution in [3.05, 3.63) is 47.2 Å². The maximum Gasteiger partial charge on any atom is 0.271 e. The summed E-state index contributed by atoms with van der Waals surface area (Å²) in [4.78, 5) is 40.5. The van der Waals surface area contributed by atoms with Crippen molar-refractivity contribution in [3.63, 3.8) is 0 Å². The summed E-state index contributed by atoms with van der Waals surface area (Å²) in [7, 11) is 0. The molecule has 1 aromatic rings. The zero-order valence-corrected chi connectivity index (χ0v) is 25.0. The van der Waals surface area contributed by atoms with Gasteiger partial charge in [-0.05, 0) is 68.9 Å². The second-order valence-corrected chi connectivity index (χ2v) is 12.5. The van der Waals surface area contributed by atoms with Crippen LogP contribution in [0.3, 0.4) is 0 Å². The van der Waals surface area contributed by atoms with Crippen LogP contribution in [0.2, 0.25) is 0 Å². The highest BCUT2D eigenvalue weighted by Crippen LogP contribution is 2.32. The van der Waals surface area contributed by atoms with Crippen molar-refractivity contribution in [1.29, 1.82) is 0 Å². The van der Waals surface area contributed by atoms with Crippen LogP contribution in [-0.2, 0) is 27.4 Å². The minimum absolute atomic E-state index is 0.0179. The lowest BCUT2D eigenvalue weighted by Gasteiger charge is -2.33. The molecule has 6 rings (SSSR count). The molecule has 1 saturated heterocycles. The second-order valence-electron chi connectivity index (χ2n) is 12.5. The van der Waals surface area contributed by atoms with Crippen molar-refractivity contribution >= 4 is 23.4 Å². The largest absolute Gasteiger partial charge is 0.392 e. The Balaban J connectivity index is 0.929. The molecule has 0 aromatic heterocycles. The van der Waals surface area contributed by atoms with E-state index in [9.17, 15) is 14.7 Å². The fourth-order valence-corrected chi connectivity index (χ4v) is 6.42. The number of hydrogen-bond acceptors (Lipinski definition) is 9. The molecule has 0 bridgehead atoms. The molecule has 2 saturated carbocycles. The Labute approximate surface area is 253 Å². The number of aliphatic hydroxyl groups is 1. The molecule has 232 valence electrons. The molecule has 0 spiro atoms. The molecule has 3 aliphatic heterocycles. The van der Waals surface area contributed by atoms with Gasteiger partial charge in [-0.1, -0.05) is 29.4 Å². The van der Waals surface area contributed by atoms with E-state index in [0.29, 0.717) is 43.5 Å². The number of nitrogens with one attached hydrogen (secondary N) is 3. The third kappa shape index (κ3) is 7.94. The van der Waals surface area contributed by atoms with E-state index in [1.165, 1.54) is 24.0 Å². The van der Waals surface area contributed by atoms with Gasteiger partial charge < -0.3 is 30.8 Å². The second kappa shape index (κ2) is 13.9. The SMILES string of the molecule is O=C(NC[C@H](O)CN1CCc2ccccc2C1)C1=CC(NC2CCN(C(=O)C(=NOC3CCCC3)C3CC3)CC2)=NCN1. The third-order valence-corrected chi connectivity index (χ3v) is 9.14. The van der Waals surface area contributed by atoms with Crippen LogP contribution in [0.15, 0.2) is 46.2 Å².